The van der Waals surface area contributed by atoms with Crippen LogP contribution in [-0.2, 0) is 6.61 Å². The van der Waals surface area contributed by atoms with Crippen molar-refractivity contribution in [3.05, 3.63) is 125 Å². The zero-order valence-electron chi connectivity index (χ0n) is 18.7. The Morgan fingerprint density at radius 3 is 2.21 bits per heavy atom. The molecule has 1 N–H and O–H groups in total. The maximum atomic E-state index is 12.4. The Labute approximate surface area is 204 Å². The van der Waals surface area contributed by atoms with E-state index in [0.717, 1.165) is 22.5 Å². The Morgan fingerprint density at radius 2 is 1.53 bits per heavy atom. The fourth-order valence-corrected chi connectivity index (χ4v) is 3.39. The van der Waals surface area contributed by atoms with Crippen LogP contribution in [0.25, 0.3) is 0 Å². The lowest BCUT2D eigenvalue weighted by Gasteiger charge is -2.19. The summed E-state index contributed by atoms with van der Waals surface area (Å²) in [5, 5.41) is 4.77. The summed E-state index contributed by atoms with van der Waals surface area (Å²) in [7, 11) is 2.02. The predicted molar refractivity (Wildman–Crippen MR) is 138 cm³/mol. The largest absolute Gasteiger partial charge is 0.489 e. The summed E-state index contributed by atoms with van der Waals surface area (Å²) in [6.07, 6.45) is 1.62. The highest BCUT2D eigenvalue weighted by Crippen LogP contribution is 2.23. The molecule has 0 saturated heterocycles. The Hall–Kier alpha value is -4.09. The van der Waals surface area contributed by atoms with Gasteiger partial charge in [-0.15, -0.1) is 0 Å². The number of halogens is 1. The summed E-state index contributed by atoms with van der Waals surface area (Å²) in [5.41, 5.74) is 7.13. The molecule has 4 aromatic rings. The van der Waals surface area contributed by atoms with E-state index in [0.29, 0.717) is 22.9 Å². The highest BCUT2D eigenvalue weighted by atomic mass is 35.5. The van der Waals surface area contributed by atoms with Crippen LogP contribution in [0.2, 0.25) is 5.02 Å². The normalized spacial score (nSPS) is 10.8. The number of rotatable bonds is 8. The van der Waals surface area contributed by atoms with Gasteiger partial charge in [0.25, 0.3) is 5.91 Å². The van der Waals surface area contributed by atoms with Crippen molar-refractivity contribution in [2.45, 2.75) is 6.61 Å². The van der Waals surface area contributed by atoms with Gasteiger partial charge >= 0.3 is 0 Å². The number of nitrogens with one attached hydrogen (secondary N) is 1. The maximum Gasteiger partial charge on any atom is 0.271 e. The first-order valence-corrected chi connectivity index (χ1v) is 11.2. The first kappa shape index (κ1) is 23.1. The minimum Gasteiger partial charge on any atom is -0.489 e. The van der Waals surface area contributed by atoms with Crippen LogP contribution in [0.3, 0.4) is 0 Å². The number of anilines is 2. The van der Waals surface area contributed by atoms with Crippen molar-refractivity contribution >= 4 is 35.1 Å². The number of hydrogen-bond donors (Lipinski definition) is 1. The average molecular weight is 470 g/mol. The highest BCUT2D eigenvalue weighted by Gasteiger charge is 2.05. The molecule has 1 amide bonds. The van der Waals surface area contributed by atoms with Crippen LogP contribution in [0.5, 0.6) is 5.75 Å². The Balaban J connectivity index is 1.28. The van der Waals surface area contributed by atoms with Gasteiger partial charge < -0.3 is 9.64 Å². The van der Waals surface area contributed by atoms with Crippen molar-refractivity contribution in [2.24, 2.45) is 5.10 Å². The minimum absolute atomic E-state index is 0.291. The summed E-state index contributed by atoms with van der Waals surface area (Å²) in [6, 6.07) is 32.5. The van der Waals surface area contributed by atoms with Crippen molar-refractivity contribution < 1.29 is 9.53 Å². The number of carbonyl (C=O) groups excluding carboxylic acids is 1. The van der Waals surface area contributed by atoms with Gasteiger partial charge in [0.05, 0.1) is 6.21 Å². The van der Waals surface area contributed by atoms with E-state index in [-0.39, 0.29) is 5.91 Å². The highest BCUT2D eigenvalue weighted by molar-refractivity contribution is 6.30. The molecule has 0 aliphatic carbocycles. The quantitative estimate of drug-likeness (QED) is 0.238. The first-order valence-electron chi connectivity index (χ1n) is 10.8. The van der Waals surface area contributed by atoms with E-state index in [9.17, 15) is 4.79 Å². The van der Waals surface area contributed by atoms with E-state index in [1.165, 1.54) is 0 Å². The number of carbonyl (C=O) groups is 1. The first-order chi connectivity index (χ1) is 16.6. The van der Waals surface area contributed by atoms with E-state index in [4.69, 9.17) is 16.3 Å². The van der Waals surface area contributed by atoms with Gasteiger partial charge in [-0.2, -0.15) is 5.10 Å². The molecule has 34 heavy (non-hydrogen) atoms. The molecule has 0 radical (unpaired) electrons. The Morgan fingerprint density at radius 1 is 0.882 bits per heavy atom. The van der Waals surface area contributed by atoms with Gasteiger partial charge in [0.15, 0.2) is 0 Å². The molecule has 0 aliphatic rings. The lowest BCUT2D eigenvalue weighted by Crippen LogP contribution is -2.17. The van der Waals surface area contributed by atoms with Crippen molar-refractivity contribution in [1.82, 2.24) is 5.43 Å². The van der Waals surface area contributed by atoms with Crippen LogP contribution in [0.4, 0.5) is 11.4 Å². The molecular formula is C28H24ClN3O2. The Bertz CT molecular complexity index is 1240. The third-order valence-corrected chi connectivity index (χ3v) is 5.49. The molecule has 4 rings (SSSR count). The zero-order valence-corrected chi connectivity index (χ0v) is 19.4. The summed E-state index contributed by atoms with van der Waals surface area (Å²) in [4.78, 5) is 14.5. The molecule has 0 heterocycles. The summed E-state index contributed by atoms with van der Waals surface area (Å²) < 4.78 is 5.75. The van der Waals surface area contributed by atoms with Gasteiger partial charge in [-0.1, -0.05) is 54.1 Å². The van der Waals surface area contributed by atoms with Gasteiger partial charge in [0.2, 0.25) is 0 Å². The molecule has 0 atom stereocenters. The zero-order chi connectivity index (χ0) is 23.8. The van der Waals surface area contributed by atoms with Crippen molar-refractivity contribution in [3.8, 4) is 5.75 Å². The fourth-order valence-electron chi connectivity index (χ4n) is 3.26. The second-order valence-corrected chi connectivity index (χ2v) is 8.06. The molecular weight excluding hydrogens is 446 g/mol. The van der Waals surface area contributed by atoms with Crippen LogP contribution in [0, 0.1) is 0 Å². The van der Waals surface area contributed by atoms with E-state index < -0.39 is 0 Å². The molecule has 0 saturated carbocycles. The average Bonchev–Trinajstić information content (AvgIpc) is 2.89. The fraction of sp³-hybridized carbons (Fsp3) is 0.0714. The molecule has 0 aromatic heterocycles. The van der Waals surface area contributed by atoms with Gasteiger partial charge in [0.1, 0.15) is 12.4 Å². The van der Waals surface area contributed by atoms with Gasteiger partial charge in [-0.25, -0.2) is 5.43 Å². The second-order valence-electron chi connectivity index (χ2n) is 7.62. The number of amides is 1. The molecule has 0 aliphatic heterocycles. The van der Waals surface area contributed by atoms with Crippen molar-refractivity contribution in [1.29, 1.82) is 0 Å². The number of nitrogens with zero attached hydrogens (tertiary/aromatic N) is 2. The van der Waals surface area contributed by atoms with Gasteiger partial charge in [0, 0.05) is 29.0 Å². The summed E-state index contributed by atoms with van der Waals surface area (Å²) in [5.74, 6) is 0.386. The number of ether oxygens (including phenoxy) is 1. The SMILES string of the molecule is CN(c1ccccc1)c1ccc(/C=N/NC(=O)c2ccc(OCc3ccc(Cl)cc3)cc2)cc1. The molecule has 0 unspecified atom stereocenters. The minimum atomic E-state index is -0.291. The molecule has 170 valence electrons. The van der Waals surface area contributed by atoms with E-state index in [2.05, 4.69) is 27.6 Å². The van der Waals surface area contributed by atoms with Crippen molar-refractivity contribution in [2.75, 3.05) is 11.9 Å². The topological polar surface area (TPSA) is 53.9 Å². The third-order valence-electron chi connectivity index (χ3n) is 5.24. The second kappa shape index (κ2) is 11.2. The lowest BCUT2D eigenvalue weighted by molar-refractivity contribution is 0.0955. The molecule has 0 bridgehead atoms. The lowest BCUT2D eigenvalue weighted by atomic mass is 10.2. The van der Waals surface area contributed by atoms with Crippen LogP contribution in [-0.4, -0.2) is 19.2 Å². The number of hydrogen-bond acceptors (Lipinski definition) is 4. The molecule has 6 heteroatoms. The smallest absolute Gasteiger partial charge is 0.271 e. The predicted octanol–water partition coefficient (Wildman–Crippen LogP) is 6.45. The van der Waals surface area contributed by atoms with E-state index in [1.54, 1.807) is 30.5 Å². The molecule has 5 nitrogen and oxygen atoms in total. The van der Waals surface area contributed by atoms with Gasteiger partial charge in [-0.3, -0.25) is 4.79 Å². The summed E-state index contributed by atoms with van der Waals surface area (Å²) >= 11 is 5.90. The molecule has 0 fully saturated rings. The van der Waals surface area contributed by atoms with Gasteiger partial charge in [-0.05, 0) is 71.8 Å². The summed E-state index contributed by atoms with van der Waals surface area (Å²) in [6.45, 7) is 0.424. The van der Waals surface area contributed by atoms with Crippen LogP contribution in [0.15, 0.2) is 108 Å². The monoisotopic (exact) mass is 469 g/mol. The van der Waals surface area contributed by atoms with E-state index in [1.807, 2.05) is 73.8 Å². The third kappa shape index (κ3) is 6.24. The molecule has 0 spiro atoms. The molecule has 4 aromatic carbocycles. The van der Waals surface area contributed by atoms with E-state index >= 15 is 0 Å². The standard InChI is InChI=1S/C28H24ClN3O2/c1-32(25-5-3-2-4-6-25)26-15-9-21(10-16-26)19-30-31-28(33)23-11-17-27(18-12-23)34-20-22-7-13-24(29)14-8-22/h2-19H,20H2,1H3,(H,31,33)/b30-19+. The Kier molecular flexibility index (Phi) is 7.58. The van der Waals surface area contributed by atoms with Crippen LogP contribution in [0.1, 0.15) is 21.5 Å². The number of hydrazone groups is 1. The van der Waals surface area contributed by atoms with Crippen LogP contribution >= 0.6 is 11.6 Å². The van der Waals surface area contributed by atoms with Crippen LogP contribution < -0.4 is 15.1 Å². The van der Waals surface area contributed by atoms with Crippen molar-refractivity contribution in [3.63, 3.8) is 0 Å². The number of para-hydroxylation sites is 1. The number of benzene rings is 4. The maximum absolute atomic E-state index is 12.4.